The molecule has 2 atom stereocenters. The molecule has 3 N–H and O–H groups in total. The number of amides is 2. The SMILES string of the molecule is NC(=O)C1CC(C(=O)NCC(c2ccc(Cl)cc2)N2CCOCC2)=NN1c1ccc(F)cc1. The number of hydrogen-bond donors (Lipinski definition) is 2. The summed E-state index contributed by atoms with van der Waals surface area (Å²) in [4.78, 5) is 27.2. The smallest absolute Gasteiger partial charge is 0.267 e. The third kappa shape index (κ3) is 5.50. The molecule has 2 aromatic rings. The molecule has 0 spiro atoms. The Kier molecular flexibility index (Phi) is 7.22. The van der Waals surface area contributed by atoms with E-state index in [1.165, 1.54) is 29.3 Å². The molecule has 0 aromatic heterocycles. The first-order chi connectivity index (χ1) is 15.9. The molecule has 2 unspecified atom stereocenters. The monoisotopic (exact) mass is 473 g/mol. The van der Waals surface area contributed by atoms with Crippen molar-refractivity contribution >= 4 is 34.8 Å². The van der Waals surface area contributed by atoms with Crippen molar-refractivity contribution in [3.05, 3.63) is 64.9 Å². The van der Waals surface area contributed by atoms with E-state index in [-0.39, 0.29) is 24.1 Å². The molecule has 0 aliphatic carbocycles. The maximum atomic E-state index is 13.3. The summed E-state index contributed by atoms with van der Waals surface area (Å²) in [6, 6.07) is 12.2. The molecule has 0 bridgehead atoms. The van der Waals surface area contributed by atoms with Crippen LogP contribution in [-0.2, 0) is 14.3 Å². The van der Waals surface area contributed by atoms with Crippen molar-refractivity contribution in [2.45, 2.75) is 18.5 Å². The first-order valence-corrected chi connectivity index (χ1v) is 11.1. The third-order valence-corrected chi connectivity index (χ3v) is 6.04. The van der Waals surface area contributed by atoms with Crippen LogP contribution < -0.4 is 16.1 Å². The lowest BCUT2D eigenvalue weighted by Crippen LogP contribution is -2.45. The van der Waals surface area contributed by atoms with Gasteiger partial charge in [0.15, 0.2) is 0 Å². The van der Waals surface area contributed by atoms with Crippen LogP contribution in [0.3, 0.4) is 0 Å². The maximum Gasteiger partial charge on any atom is 0.267 e. The van der Waals surface area contributed by atoms with Gasteiger partial charge in [-0.25, -0.2) is 4.39 Å². The second kappa shape index (κ2) is 10.3. The van der Waals surface area contributed by atoms with Crippen molar-refractivity contribution in [1.29, 1.82) is 0 Å². The van der Waals surface area contributed by atoms with Crippen molar-refractivity contribution < 1.29 is 18.7 Å². The number of benzene rings is 2. The molecule has 174 valence electrons. The molecule has 0 radical (unpaired) electrons. The van der Waals surface area contributed by atoms with Gasteiger partial charge in [-0.3, -0.25) is 19.5 Å². The molecule has 1 saturated heterocycles. The second-order valence-corrected chi connectivity index (χ2v) is 8.35. The molecule has 2 aromatic carbocycles. The molecule has 10 heteroatoms. The Labute approximate surface area is 196 Å². The van der Waals surface area contributed by atoms with E-state index in [9.17, 15) is 14.0 Å². The normalized spacial score (nSPS) is 19.8. The van der Waals surface area contributed by atoms with Gasteiger partial charge in [0.05, 0.1) is 24.9 Å². The third-order valence-electron chi connectivity index (χ3n) is 5.79. The van der Waals surface area contributed by atoms with Gasteiger partial charge in [-0.2, -0.15) is 5.10 Å². The predicted molar refractivity (Wildman–Crippen MR) is 124 cm³/mol. The molecular weight excluding hydrogens is 449 g/mol. The van der Waals surface area contributed by atoms with Crippen molar-refractivity contribution in [1.82, 2.24) is 10.2 Å². The number of anilines is 1. The van der Waals surface area contributed by atoms with Gasteiger partial charge in [0.2, 0.25) is 5.91 Å². The van der Waals surface area contributed by atoms with E-state index >= 15 is 0 Å². The lowest BCUT2D eigenvalue weighted by atomic mass is 10.0. The molecule has 8 nitrogen and oxygen atoms in total. The number of hydrogen-bond acceptors (Lipinski definition) is 6. The first kappa shape index (κ1) is 23.2. The summed E-state index contributed by atoms with van der Waals surface area (Å²) in [6.45, 7) is 3.07. The van der Waals surface area contributed by atoms with E-state index < -0.39 is 17.8 Å². The summed E-state index contributed by atoms with van der Waals surface area (Å²) >= 11 is 6.05. The summed E-state index contributed by atoms with van der Waals surface area (Å²) in [7, 11) is 0. The van der Waals surface area contributed by atoms with Crippen LogP contribution in [-0.4, -0.2) is 61.3 Å². The van der Waals surface area contributed by atoms with Gasteiger partial charge in [0, 0.05) is 31.1 Å². The lowest BCUT2D eigenvalue weighted by Gasteiger charge is -2.35. The van der Waals surface area contributed by atoms with Crippen molar-refractivity contribution in [2.75, 3.05) is 37.9 Å². The highest BCUT2D eigenvalue weighted by atomic mass is 35.5. The summed E-state index contributed by atoms with van der Waals surface area (Å²) in [6.07, 6.45) is 0.0711. The van der Waals surface area contributed by atoms with Gasteiger partial charge in [0.1, 0.15) is 17.6 Å². The van der Waals surface area contributed by atoms with Crippen molar-refractivity contribution in [2.24, 2.45) is 10.8 Å². The predicted octanol–water partition coefficient (Wildman–Crippen LogP) is 2.09. The molecule has 33 heavy (non-hydrogen) atoms. The number of rotatable bonds is 7. The van der Waals surface area contributed by atoms with Gasteiger partial charge in [-0.15, -0.1) is 0 Å². The minimum Gasteiger partial charge on any atom is -0.379 e. The molecule has 2 amide bonds. The Morgan fingerprint density at radius 3 is 2.45 bits per heavy atom. The Morgan fingerprint density at radius 2 is 1.82 bits per heavy atom. The van der Waals surface area contributed by atoms with Crippen LogP contribution >= 0.6 is 11.6 Å². The van der Waals surface area contributed by atoms with E-state index in [4.69, 9.17) is 22.1 Å². The van der Waals surface area contributed by atoms with Gasteiger partial charge >= 0.3 is 0 Å². The Hall–Kier alpha value is -3.01. The number of nitrogens with one attached hydrogen (secondary N) is 1. The quantitative estimate of drug-likeness (QED) is 0.641. The molecule has 0 saturated carbocycles. The average Bonchev–Trinajstić information content (AvgIpc) is 3.27. The lowest BCUT2D eigenvalue weighted by molar-refractivity contribution is -0.119. The van der Waals surface area contributed by atoms with E-state index in [1.807, 2.05) is 24.3 Å². The largest absolute Gasteiger partial charge is 0.379 e. The van der Waals surface area contributed by atoms with Crippen LogP contribution in [0.25, 0.3) is 0 Å². The Balaban J connectivity index is 1.49. The zero-order valence-corrected chi connectivity index (χ0v) is 18.7. The van der Waals surface area contributed by atoms with Gasteiger partial charge < -0.3 is 15.8 Å². The molecule has 2 aliphatic rings. The molecule has 4 rings (SSSR count). The summed E-state index contributed by atoms with van der Waals surface area (Å²) < 4.78 is 18.8. The van der Waals surface area contributed by atoms with E-state index in [1.54, 1.807) is 0 Å². The van der Waals surface area contributed by atoms with Gasteiger partial charge in [-0.1, -0.05) is 23.7 Å². The summed E-state index contributed by atoms with van der Waals surface area (Å²) in [5.41, 5.74) is 7.24. The molecular formula is C23H25ClFN5O3. The number of hydrazone groups is 1. The topological polar surface area (TPSA) is 100 Å². The molecule has 1 fully saturated rings. The number of ether oxygens (including phenoxy) is 1. The van der Waals surface area contributed by atoms with Crippen LogP contribution in [0, 0.1) is 5.82 Å². The average molecular weight is 474 g/mol. The van der Waals surface area contributed by atoms with Gasteiger partial charge in [-0.05, 0) is 42.0 Å². The maximum absolute atomic E-state index is 13.3. The number of nitrogens with two attached hydrogens (primary N) is 1. The van der Waals surface area contributed by atoms with Crippen LogP contribution in [0.5, 0.6) is 0 Å². The van der Waals surface area contributed by atoms with Gasteiger partial charge in [0.25, 0.3) is 5.91 Å². The number of nitrogens with zero attached hydrogens (tertiary/aromatic N) is 3. The molecule has 2 aliphatic heterocycles. The number of primary amides is 1. The Morgan fingerprint density at radius 1 is 1.15 bits per heavy atom. The highest BCUT2D eigenvalue weighted by Gasteiger charge is 2.35. The minimum absolute atomic E-state index is 0.0711. The fraction of sp³-hybridized carbons (Fsp3) is 0.348. The number of carbonyl (C=O) groups excluding carboxylic acids is 2. The van der Waals surface area contributed by atoms with Crippen LogP contribution in [0.1, 0.15) is 18.0 Å². The summed E-state index contributed by atoms with van der Waals surface area (Å²) in [5, 5.41) is 9.29. The second-order valence-electron chi connectivity index (χ2n) is 7.92. The highest BCUT2D eigenvalue weighted by molar-refractivity contribution is 6.40. The minimum atomic E-state index is -0.817. The van der Waals surface area contributed by atoms with Crippen LogP contribution in [0.15, 0.2) is 53.6 Å². The number of halogens is 2. The van der Waals surface area contributed by atoms with E-state index in [0.717, 1.165) is 18.7 Å². The standard InChI is InChI=1S/C23H25ClFN5O3/c24-16-3-1-15(2-4-16)21(29-9-11-33-12-10-29)14-27-23(32)19-13-20(22(26)31)30(28-19)18-7-5-17(25)6-8-18/h1-8,20-21H,9-14H2,(H2,26,31)(H,27,32). The number of morpholine rings is 1. The fourth-order valence-corrected chi connectivity index (χ4v) is 4.15. The summed E-state index contributed by atoms with van der Waals surface area (Å²) in [5.74, 6) is -1.40. The van der Waals surface area contributed by atoms with Crippen LogP contribution in [0.4, 0.5) is 10.1 Å². The van der Waals surface area contributed by atoms with Crippen molar-refractivity contribution in [3.63, 3.8) is 0 Å². The zero-order valence-electron chi connectivity index (χ0n) is 17.9. The van der Waals surface area contributed by atoms with E-state index in [0.29, 0.717) is 30.5 Å². The first-order valence-electron chi connectivity index (χ1n) is 10.7. The zero-order chi connectivity index (χ0) is 23.4. The van der Waals surface area contributed by atoms with Crippen LogP contribution in [0.2, 0.25) is 5.02 Å². The highest BCUT2D eigenvalue weighted by Crippen LogP contribution is 2.26. The molecule has 2 heterocycles. The van der Waals surface area contributed by atoms with E-state index in [2.05, 4.69) is 15.3 Å². The fourth-order valence-electron chi connectivity index (χ4n) is 4.02. The Bertz CT molecular complexity index is 1030. The van der Waals surface area contributed by atoms with Crippen molar-refractivity contribution in [3.8, 4) is 0 Å². The number of carbonyl (C=O) groups is 2.